The molecule has 0 saturated carbocycles. The number of aromatic nitrogens is 4. The maximum atomic E-state index is 6.53. The molecule has 0 N–H and O–H groups in total. The maximum Gasteiger partial charge on any atom is 0.164 e. The van der Waals surface area contributed by atoms with E-state index in [0.717, 1.165) is 76.6 Å². The van der Waals surface area contributed by atoms with Crippen molar-refractivity contribution < 1.29 is 4.42 Å². The van der Waals surface area contributed by atoms with Gasteiger partial charge < -0.3 is 4.42 Å². The number of fused-ring (bicyclic) bond motifs is 8. The van der Waals surface area contributed by atoms with Gasteiger partial charge in [0.05, 0.1) is 15.9 Å². The predicted octanol–water partition coefficient (Wildman–Crippen LogP) is 13.0. The summed E-state index contributed by atoms with van der Waals surface area (Å²) in [6.07, 6.45) is 0. The molecule has 0 saturated heterocycles. The lowest BCUT2D eigenvalue weighted by Gasteiger charge is -2.12. The van der Waals surface area contributed by atoms with Gasteiger partial charge in [-0.2, -0.15) is 0 Å². The van der Waals surface area contributed by atoms with Crippen molar-refractivity contribution in [3.8, 4) is 56.5 Å². The van der Waals surface area contributed by atoms with Crippen LogP contribution in [0.25, 0.3) is 110 Å². The highest BCUT2D eigenvalue weighted by molar-refractivity contribution is 7.26. The number of hydrogen-bond acceptors (Lipinski definition) is 6. The first-order valence-corrected chi connectivity index (χ1v) is 18.7. The van der Waals surface area contributed by atoms with Crippen molar-refractivity contribution in [3.05, 3.63) is 170 Å². The molecule has 54 heavy (non-hydrogen) atoms. The normalized spacial score (nSPS) is 11.7. The van der Waals surface area contributed by atoms with E-state index in [4.69, 9.17) is 24.4 Å². The van der Waals surface area contributed by atoms with Crippen molar-refractivity contribution in [2.45, 2.75) is 0 Å². The highest BCUT2D eigenvalue weighted by Gasteiger charge is 2.21. The second-order valence-corrected chi connectivity index (χ2v) is 14.4. The molecule has 252 valence electrons. The van der Waals surface area contributed by atoms with Gasteiger partial charge in [0.2, 0.25) is 0 Å². The summed E-state index contributed by atoms with van der Waals surface area (Å²) >= 11 is 1.79. The van der Waals surface area contributed by atoms with Crippen LogP contribution in [0, 0.1) is 0 Å². The van der Waals surface area contributed by atoms with Crippen molar-refractivity contribution in [1.29, 1.82) is 0 Å². The van der Waals surface area contributed by atoms with Gasteiger partial charge in [-0.25, -0.2) is 19.9 Å². The lowest BCUT2D eigenvalue weighted by atomic mass is 9.96. The molecule has 0 bridgehead atoms. The summed E-state index contributed by atoms with van der Waals surface area (Å²) in [7, 11) is 0. The van der Waals surface area contributed by atoms with E-state index in [2.05, 4.69) is 97.1 Å². The molecule has 0 radical (unpaired) electrons. The summed E-state index contributed by atoms with van der Waals surface area (Å²) in [5.74, 6) is 1.89. The third kappa shape index (κ3) is 4.92. The van der Waals surface area contributed by atoms with Gasteiger partial charge in [-0.3, -0.25) is 0 Å². The average molecular weight is 709 g/mol. The molecule has 0 spiro atoms. The van der Waals surface area contributed by atoms with Crippen LogP contribution < -0.4 is 0 Å². The second-order valence-electron chi connectivity index (χ2n) is 13.4. The fraction of sp³-hybridized carbons (Fsp3) is 0. The number of nitrogens with zero attached hydrogens (tertiary/aromatic N) is 4. The summed E-state index contributed by atoms with van der Waals surface area (Å²) in [5.41, 5.74) is 9.52. The van der Waals surface area contributed by atoms with Gasteiger partial charge in [-0.15, -0.1) is 11.3 Å². The zero-order valence-electron chi connectivity index (χ0n) is 28.8. The van der Waals surface area contributed by atoms with Crippen molar-refractivity contribution in [1.82, 2.24) is 19.9 Å². The molecule has 6 heteroatoms. The topological polar surface area (TPSA) is 64.7 Å². The van der Waals surface area contributed by atoms with Crippen LogP contribution in [0.5, 0.6) is 0 Å². The average Bonchev–Trinajstić information content (AvgIpc) is 3.83. The van der Waals surface area contributed by atoms with Crippen molar-refractivity contribution in [2.24, 2.45) is 0 Å². The summed E-state index contributed by atoms with van der Waals surface area (Å²) < 4.78 is 8.92. The maximum absolute atomic E-state index is 6.53. The van der Waals surface area contributed by atoms with Crippen molar-refractivity contribution in [2.75, 3.05) is 0 Å². The van der Waals surface area contributed by atoms with E-state index >= 15 is 0 Å². The zero-order valence-corrected chi connectivity index (χ0v) is 29.6. The molecule has 0 amide bonds. The Hall–Kier alpha value is -7.02. The van der Waals surface area contributed by atoms with E-state index < -0.39 is 0 Å². The number of furan rings is 1. The van der Waals surface area contributed by atoms with Crippen LogP contribution in [-0.2, 0) is 0 Å². The fourth-order valence-electron chi connectivity index (χ4n) is 7.59. The van der Waals surface area contributed by atoms with E-state index in [-0.39, 0.29) is 0 Å². The Morgan fingerprint density at radius 3 is 1.63 bits per heavy atom. The molecular weight excluding hydrogens is 681 g/mol. The number of para-hydroxylation sites is 3. The van der Waals surface area contributed by atoms with Gasteiger partial charge in [0.15, 0.2) is 17.5 Å². The Labute approximate surface area is 313 Å². The molecule has 0 atom stereocenters. The number of hydrogen-bond donors (Lipinski definition) is 0. The first-order chi connectivity index (χ1) is 26.8. The molecule has 0 fully saturated rings. The second kappa shape index (κ2) is 12.3. The lowest BCUT2D eigenvalue weighted by Crippen LogP contribution is -2.00. The SMILES string of the molecule is c1ccc(-c2nc(-c3ccccc3)nc(-c3ccc(-c4nc5c(-c6cccc7c6oc6ccccc67)cccc5c5c4sc4ccccc45)cc3)n2)cc1. The monoisotopic (exact) mass is 708 g/mol. The predicted molar refractivity (Wildman–Crippen MR) is 222 cm³/mol. The molecule has 4 heterocycles. The molecule has 0 unspecified atom stereocenters. The van der Waals surface area contributed by atoms with Gasteiger partial charge in [0.25, 0.3) is 0 Å². The molecule has 7 aromatic carbocycles. The number of pyridine rings is 1. The molecule has 0 aliphatic rings. The molecule has 0 aliphatic carbocycles. The van der Waals surface area contributed by atoms with Gasteiger partial charge in [0, 0.05) is 65.0 Å². The molecule has 5 nitrogen and oxygen atoms in total. The highest BCUT2D eigenvalue weighted by Crippen LogP contribution is 2.46. The van der Waals surface area contributed by atoms with Crippen LogP contribution in [0.2, 0.25) is 0 Å². The number of rotatable bonds is 5. The van der Waals surface area contributed by atoms with Crippen molar-refractivity contribution >= 4 is 64.4 Å². The Morgan fingerprint density at radius 2 is 0.926 bits per heavy atom. The largest absolute Gasteiger partial charge is 0.455 e. The van der Waals surface area contributed by atoms with Gasteiger partial charge in [0.1, 0.15) is 11.2 Å². The molecule has 0 aliphatic heterocycles. The minimum absolute atomic E-state index is 0.619. The van der Waals surface area contributed by atoms with E-state index in [0.29, 0.717) is 17.5 Å². The Balaban J connectivity index is 1.11. The fourth-order valence-corrected chi connectivity index (χ4v) is 8.82. The quantitative estimate of drug-likeness (QED) is 0.178. The first kappa shape index (κ1) is 30.6. The van der Waals surface area contributed by atoms with Gasteiger partial charge in [-0.1, -0.05) is 158 Å². The Kier molecular flexibility index (Phi) is 6.97. The summed E-state index contributed by atoms with van der Waals surface area (Å²) in [5, 5.41) is 5.78. The third-order valence-corrected chi connectivity index (χ3v) is 11.3. The van der Waals surface area contributed by atoms with E-state index in [1.807, 2.05) is 72.8 Å². The van der Waals surface area contributed by atoms with E-state index in [1.54, 1.807) is 11.3 Å². The minimum Gasteiger partial charge on any atom is -0.455 e. The van der Waals surface area contributed by atoms with Crippen LogP contribution >= 0.6 is 11.3 Å². The number of benzene rings is 7. The zero-order chi connectivity index (χ0) is 35.6. The van der Waals surface area contributed by atoms with Crippen LogP contribution in [-0.4, -0.2) is 19.9 Å². The van der Waals surface area contributed by atoms with Crippen molar-refractivity contribution in [3.63, 3.8) is 0 Å². The standard InChI is InChI=1S/C48H28N4OS/c1-3-13-30(14-4-1)46-50-47(31-15-5-2-6-16-31)52-48(51-46)32-27-25-29(26-28-32)42-45-41(37-18-8-10-24-40(37)54-45)38-22-11-19-34(43(38)49-42)36-21-12-20-35-33-17-7-9-23-39(33)53-44(35)36/h1-28H. The molecule has 11 aromatic rings. The smallest absolute Gasteiger partial charge is 0.164 e. The Morgan fingerprint density at radius 1 is 0.389 bits per heavy atom. The summed E-state index contributed by atoms with van der Waals surface area (Å²) in [6.45, 7) is 0. The number of thiophene rings is 1. The van der Waals surface area contributed by atoms with Crippen LogP contribution in [0.15, 0.2) is 174 Å². The third-order valence-electron chi connectivity index (χ3n) is 10.1. The summed E-state index contributed by atoms with van der Waals surface area (Å²) in [6, 6.07) is 58.4. The van der Waals surface area contributed by atoms with E-state index in [9.17, 15) is 0 Å². The van der Waals surface area contributed by atoms with Gasteiger partial charge in [-0.05, 0) is 12.1 Å². The molecule has 4 aromatic heterocycles. The van der Waals surface area contributed by atoms with E-state index in [1.165, 1.54) is 15.5 Å². The van der Waals surface area contributed by atoms with Crippen LogP contribution in [0.4, 0.5) is 0 Å². The summed E-state index contributed by atoms with van der Waals surface area (Å²) in [4.78, 5) is 20.3. The highest BCUT2D eigenvalue weighted by atomic mass is 32.1. The minimum atomic E-state index is 0.619. The van der Waals surface area contributed by atoms with Crippen LogP contribution in [0.3, 0.4) is 0 Å². The lowest BCUT2D eigenvalue weighted by molar-refractivity contribution is 0.670. The van der Waals surface area contributed by atoms with Crippen LogP contribution in [0.1, 0.15) is 0 Å². The first-order valence-electron chi connectivity index (χ1n) is 17.9. The molecular formula is C48H28N4OS. The molecule has 11 rings (SSSR count). The Bertz CT molecular complexity index is 3150. The van der Waals surface area contributed by atoms with Gasteiger partial charge >= 0.3 is 0 Å².